The summed E-state index contributed by atoms with van der Waals surface area (Å²) in [6.07, 6.45) is -3.91. The molecule has 0 radical (unpaired) electrons. The summed E-state index contributed by atoms with van der Waals surface area (Å²) >= 11 is 0. The van der Waals surface area contributed by atoms with Gasteiger partial charge in [-0.2, -0.15) is 13.2 Å². The van der Waals surface area contributed by atoms with Crippen LogP contribution in [0.4, 0.5) is 23.2 Å². The summed E-state index contributed by atoms with van der Waals surface area (Å²) in [5.74, 6) is -1.32. The number of nitrogens with one attached hydrogen (secondary N) is 2. The van der Waals surface area contributed by atoms with Crippen LogP contribution in [-0.2, 0) is 0 Å². The number of aryl methyl sites for hydroxylation is 1. The van der Waals surface area contributed by atoms with Gasteiger partial charge in [-0.05, 0) is 49.7 Å². The van der Waals surface area contributed by atoms with Gasteiger partial charge in [0.1, 0.15) is 23.3 Å². The van der Waals surface area contributed by atoms with Gasteiger partial charge in [0, 0.05) is 42.5 Å². The van der Waals surface area contributed by atoms with Crippen molar-refractivity contribution in [2.24, 2.45) is 0 Å². The minimum Gasteiger partial charge on any atom is -0.508 e. The molecule has 37 heavy (non-hydrogen) atoms. The van der Waals surface area contributed by atoms with Crippen LogP contribution < -0.4 is 15.4 Å². The van der Waals surface area contributed by atoms with Gasteiger partial charge in [-0.1, -0.05) is 0 Å². The number of phenolic OH excluding ortho intramolecular Hbond substituents is 1. The summed E-state index contributed by atoms with van der Waals surface area (Å²) in [5.41, 5.74) is 3.01. The van der Waals surface area contributed by atoms with Crippen molar-refractivity contribution >= 4 is 22.6 Å². The molecule has 7 nitrogen and oxygen atoms in total. The number of hydrogen-bond acceptors (Lipinski definition) is 5. The van der Waals surface area contributed by atoms with Gasteiger partial charge in [0.2, 0.25) is 0 Å². The second-order valence-electron chi connectivity index (χ2n) is 8.32. The topological polar surface area (TPSA) is 88.4 Å². The van der Waals surface area contributed by atoms with Crippen LogP contribution in [0.1, 0.15) is 29.3 Å². The number of alkyl halides is 3. The molecule has 194 valence electrons. The molecule has 4 rings (SSSR count). The number of amides is 1. The molecule has 0 aliphatic heterocycles. The van der Waals surface area contributed by atoms with Crippen LogP contribution in [0.3, 0.4) is 0 Å². The minimum atomic E-state index is -4.35. The molecule has 0 saturated heterocycles. The molecule has 0 bridgehead atoms. The van der Waals surface area contributed by atoms with Crippen molar-refractivity contribution in [1.29, 1.82) is 0 Å². The third kappa shape index (κ3) is 5.93. The quantitative estimate of drug-likeness (QED) is 0.247. The van der Waals surface area contributed by atoms with E-state index in [2.05, 4.69) is 15.6 Å². The van der Waals surface area contributed by atoms with E-state index in [1.807, 2.05) is 6.92 Å². The van der Waals surface area contributed by atoms with E-state index in [1.165, 1.54) is 24.5 Å². The van der Waals surface area contributed by atoms with Gasteiger partial charge in [-0.15, -0.1) is 0 Å². The third-order valence-corrected chi connectivity index (χ3v) is 5.56. The van der Waals surface area contributed by atoms with Crippen LogP contribution in [0.15, 0.2) is 54.9 Å². The first kappa shape index (κ1) is 25.8. The number of hydrogen-bond donors (Lipinski definition) is 3. The van der Waals surface area contributed by atoms with Crippen LogP contribution in [0.25, 0.3) is 16.7 Å². The smallest absolute Gasteiger partial charge is 0.390 e. The van der Waals surface area contributed by atoms with Crippen molar-refractivity contribution in [2.75, 3.05) is 18.4 Å². The zero-order valence-electron chi connectivity index (χ0n) is 20.0. The average Bonchev–Trinajstić information content (AvgIpc) is 3.24. The maximum Gasteiger partial charge on any atom is 0.390 e. The van der Waals surface area contributed by atoms with E-state index in [0.29, 0.717) is 34.4 Å². The van der Waals surface area contributed by atoms with Crippen molar-refractivity contribution < 1.29 is 32.2 Å². The van der Waals surface area contributed by atoms with E-state index in [1.54, 1.807) is 35.8 Å². The van der Waals surface area contributed by atoms with Gasteiger partial charge in [0.25, 0.3) is 5.91 Å². The molecule has 0 fully saturated rings. The van der Waals surface area contributed by atoms with Gasteiger partial charge < -0.3 is 20.5 Å². The van der Waals surface area contributed by atoms with Crippen LogP contribution in [0.5, 0.6) is 17.2 Å². The highest BCUT2D eigenvalue weighted by atomic mass is 19.4. The second-order valence-corrected chi connectivity index (χ2v) is 8.32. The second kappa shape index (κ2) is 10.4. The van der Waals surface area contributed by atoms with Gasteiger partial charge >= 0.3 is 6.18 Å². The Morgan fingerprint density at radius 3 is 2.59 bits per heavy atom. The standard InChI is InChI=1S/C26H24F4N4O3/c1-3-31-25(36)19-6-4-16(10-15(19)2)34-14-33-24-21(32-9-8-26(28,29)30)12-18(13-22(24)34)37-23-7-5-17(35)11-20(23)27/h4-7,10-14,32,35H,3,8-9H2,1-2H3,(H,31,36). The molecule has 0 aliphatic carbocycles. The lowest BCUT2D eigenvalue weighted by Crippen LogP contribution is -2.23. The Bertz CT molecular complexity index is 1450. The molecule has 0 spiro atoms. The molecule has 0 aliphatic rings. The molecule has 0 atom stereocenters. The fourth-order valence-electron chi connectivity index (χ4n) is 3.84. The number of fused-ring (bicyclic) bond motifs is 1. The molecule has 1 amide bonds. The maximum atomic E-state index is 14.3. The monoisotopic (exact) mass is 516 g/mol. The summed E-state index contributed by atoms with van der Waals surface area (Å²) in [7, 11) is 0. The number of anilines is 1. The summed E-state index contributed by atoms with van der Waals surface area (Å²) in [4.78, 5) is 16.7. The van der Waals surface area contributed by atoms with Crippen molar-refractivity contribution in [1.82, 2.24) is 14.9 Å². The molecular weight excluding hydrogens is 492 g/mol. The van der Waals surface area contributed by atoms with Gasteiger partial charge in [0.15, 0.2) is 11.6 Å². The normalized spacial score (nSPS) is 11.5. The van der Waals surface area contributed by atoms with Crippen molar-refractivity contribution in [3.63, 3.8) is 0 Å². The zero-order valence-corrected chi connectivity index (χ0v) is 20.0. The molecule has 4 aromatic rings. The molecule has 3 aromatic carbocycles. The SMILES string of the molecule is CCNC(=O)c1ccc(-n2cnc3c(NCCC(F)(F)F)cc(Oc4ccc(O)cc4F)cc32)cc1C. The van der Waals surface area contributed by atoms with Crippen LogP contribution in [0.2, 0.25) is 0 Å². The fourth-order valence-corrected chi connectivity index (χ4v) is 3.84. The van der Waals surface area contributed by atoms with Gasteiger partial charge in [-0.25, -0.2) is 9.37 Å². The van der Waals surface area contributed by atoms with E-state index >= 15 is 0 Å². The van der Waals surface area contributed by atoms with Crippen LogP contribution in [-0.4, -0.2) is 39.8 Å². The first-order valence-electron chi connectivity index (χ1n) is 11.4. The maximum absolute atomic E-state index is 14.3. The molecule has 3 N–H and O–H groups in total. The van der Waals surface area contributed by atoms with E-state index in [-0.39, 0.29) is 28.8 Å². The Morgan fingerprint density at radius 2 is 1.92 bits per heavy atom. The van der Waals surface area contributed by atoms with Crippen LogP contribution >= 0.6 is 0 Å². The number of rotatable bonds is 8. The minimum absolute atomic E-state index is 0.143. The molecule has 1 aromatic heterocycles. The summed E-state index contributed by atoms with van der Waals surface area (Å²) in [6.45, 7) is 3.70. The highest BCUT2D eigenvalue weighted by Gasteiger charge is 2.26. The molecule has 0 unspecified atom stereocenters. The first-order valence-corrected chi connectivity index (χ1v) is 11.4. The molecule has 1 heterocycles. The van der Waals surface area contributed by atoms with Gasteiger partial charge in [0.05, 0.1) is 17.6 Å². The Morgan fingerprint density at radius 1 is 1.14 bits per heavy atom. The van der Waals surface area contributed by atoms with Gasteiger partial charge in [-0.3, -0.25) is 9.36 Å². The fraction of sp³-hybridized carbons (Fsp3) is 0.231. The number of carbonyl (C=O) groups excluding carboxylic acids is 1. The van der Waals surface area contributed by atoms with Crippen LogP contribution in [0, 0.1) is 12.7 Å². The predicted molar refractivity (Wildman–Crippen MR) is 131 cm³/mol. The molecule has 11 heteroatoms. The summed E-state index contributed by atoms with van der Waals surface area (Å²) in [5, 5.41) is 15.0. The van der Waals surface area contributed by atoms with E-state index in [0.717, 1.165) is 6.07 Å². The Labute approximate surface area is 209 Å². The number of carbonyl (C=O) groups is 1. The highest BCUT2D eigenvalue weighted by Crippen LogP contribution is 2.35. The third-order valence-electron chi connectivity index (χ3n) is 5.56. The molecular formula is C26H24F4N4O3. The van der Waals surface area contributed by atoms with Crippen molar-refractivity contribution in [3.8, 4) is 22.9 Å². The van der Waals surface area contributed by atoms with E-state index in [4.69, 9.17) is 4.74 Å². The zero-order chi connectivity index (χ0) is 26.7. The summed E-state index contributed by atoms with van der Waals surface area (Å²) in [6, 6.07) is 11.6. The van der Waals surface area contributed by atoms with E-state index in [9.17, 15) is 27.5 Å². The number of phenols is 1. The lowest BCUT2D eigenvalue weighted by atomic mass is 10.1. The number of halogens is 4. The largest absolute Gasteiger partial charge is 0.508 e. The summed E-state index contributed by atoms with van der Waals surface area (Å²) < 4.78 is 59.9. The Balaban J connectivity index is 1.76. The number of aromatic hydroxyl groups is 1. The first-order chi connectivity index (χ1) is 17.6. The number of nitrogens with zero attached hydrogens (tertiary/aromatic N) is 2. The number of imidazole rings is 1. The molecule has 0 saturated carbocycles. The number of benzene rings is 3. The highest BCUT2D eigenvalue weighted by molar-refractivity contribution is 5.96. The Hall–Kier alpha value is -4.28. The predicted octanol–water partition coefficient (Wildman–Crippen LogP) is 6.08. The Kier molecular flexibility index (Phi) is 7.23. The van der Waals surface area contributed by atoms with E-state index < -0.39 is 25.0 Å². The van der Waals surface area contributed by atoms with Crippen molar-refractivity contribution in [3.05, 3.63) is 71.8 Å². The lowest BCUT2D eigenvalue weighted by Gasteiger charge is -2.14. The average molecular weight is 516 g/mol. The number of aromatic nitrogens is 2. The van der Waals surface area contributed by atoms with Crippen molar-refractivity contribution in [2.45, 2.75) is 26.4 Å². The number of ether oxygens (including phenoxy) is 1. The lowest BCUT2D eigenvalue weighted by molar-refractivity contribution is -0.131.